The van der Waals surface area contributed by atoms with E-state index in [-0.39, 0.29) is 17.2 Å². The zero-order valence-electron chi connectivity index (χ0n) is 14.9. The zero-order chi connectivity index (χ0) is 19.1. The van der Waals surface area contributed by atoms with E-state index in [4.69, 9.17) is 4.74 Å². The van der Waals surface area contributed by atoms with E-state index in [9.17, 15) is 13.6 Å². The second-order valence-electron chi connectivity index (χ2n) is 6.17. The lowest BCUT2D eigenvalue weighted by atomic mass is 10.1. The lowest BCUT2D eigenvalue weighted by Crippen LogP contribution is -2.49. The Labute approximate surface area is 157 Å². The van der Waals surface area contributed by atoms with Gasteiger partial charge < -0.3 is 14.4 Å². The molecule has 1 saturated heterocycles. The fourth-order valence-electron chi connectivity index (χ4n) is 3.00. The number of hydrogen-bond donors (Lipinski definition) is 0. The number of benzene rings is 2. The fraction of sp³-hybridized carbons (Fsp3) is 0.350. The maximum atomic E-state index is 12.7. The number of hydrogen-bond acceptors (Lipinski definition) is 4. The van der Waals surface area contributed by atoms with E-state index in [2.05, 4.69) is 9.64 Å². The van der Waals surface area contributed by atoms with Crippen molar-refractivity contribution in [3.63, 3.8) is 0 Å². The predicted molar refractivity (Wildman–Crippen MR) is 97.4 cm³/mol. The predicted octanol–water partition coefficient (Wildman–Crippen LogP) is 3.12. The molecule has 0 radical (unpaired) electrons. The SMILES string of the molecule is O=C(c1ccccc1OC(F)F)N1CCN(CCOc2ccccc2)CC1. The summed E-state index contributed by atoms with van der Waals surface area (Å²) in [5.74, 6) is 0.463. The number of alkyl halides is 2. The van der Waals surface area contributed by atoms with Gasteiger partial charge in [0.05, 0.1) is 5.56 Å². The molecule has 1 aliphatic rings. The van der Waals surface area contributed by atoms with Crippen molar-refractivity contribution >= 4 is 5.91 Å². The topological polar surface area (TPSA) is 42.0 Å². The van der Waals surface area contributed by atoms with Crippen molar-refractivity contribution in [1.29, 1.82) is 0 Å². The second-order valence-corrected chi connectivity index (χ2v) is 6.17. The van der Waals surface area contributed by atoms with Gasteiger partial charge in [0.25, 0.3) is 5.91 Å². The van der Waals surface area contributed by atoms with Gasteiger partial charge in [-0.05, 0) is 24.3 Å². The third kappa shape index (κ3) is 5.40. The Hall–Kier alpha value is -2.67. The highest BCUT2D eigenvalue weighted by Gasteiger charge is 2.24. The van der Waals surface area contributed by atoms with Crippen LogP contribution in [0.5, 0.6) is 11.5 Å². The quantitative estimate of drug-likeness (QED) is 0.745. The Kier molecular flexibility index (Phi) is 6.59. The Balaban J connectivity index is 1.48. The first-order valence-corrected chi connectivity index (χ1v) is 8.87. The monoisotopic (exact) mass is 376 g/mol. The summed E-state index contributed by atoms with van der Waals surface area (Å²) in [6, 6.07) is 15.7. The first kappa shape index (κ1) is 19.1. The molecular formula is C20H22F2N2O3. The Bertz CT molecular complexity index is 735. The highest BCUT2D eigenvalue weighted by Crippen LogP contribution is 2.22. The molecule has 27 heavy (non-hydrogen) atoms. The molecule has 2 aromatic rings. The number of amides is 1. The average molecular weight is 376 g/mol. The molecule has 0 spiro atoms. The molecule has 1 fully saturated rings. The highest BCUT2D eigenvalue weighted by atomic mass is 19.3. The lowest BCUT2D eigenvalue weighted by Gasteiger charge is -2.34. The smallest absolute Gasteiger partial charge is 0.387 e. The third-order valence-electron chi connectivity index (χ3n) is 4.41. The molecule has 0 unspecified atom stereocenters. The lowest BCUT2D eigenvalue weighted by molar-refractivity contribution is -0.0503. The molecule has 0 atom stereocenters. The molecule has 5 nitrogen and oxygen atoms in total. The van der Waals surface area contributed by atoms with E-state index in [0.717, 1.165) is 12.3 Å². The van der Waals surface area contributed by atoms with Crippen LogP contribution in [-0.4, -0.2) is 61.6 Å². The van der Waals surface area contributed by atoms with Gasteiger partial charge in [0.1, 0.15) is 18.1 Å². The minimum absolute atomic E-state index is 0.0869. The van der Waals surface area contributed by atoms with Gasteiger partial charge in [-0.1, -0.05) is 30.3 Å². The van der Waals surface area contributed by atoms with Crippen LogP contribution in [0.4, 0.5) is 8.78 Å². The summed E-state index contributed by atoms with van der Waals surface area (Å²) >= 11 is 0. The van der Waals surface area contributed by atoms with Crippen molar-refractivity contribution < 1.29 is 23.0 Å². The van der Waals surface area contributed by atoms with Crippen LogP contribution in [0.1, 0.15) is 10.4 Å². The van der Waals surface area contributed by atoms with Crippen molar-refractivity contribution in [2.24, 2.45) is 0 Å². The molecule has 1 amide bonds. The molecule has 144 valence electrons. The summed E-state index contributed by atoms with van der Waals surface area (Å²) in [7, 11) is 0. The molecule has 1 heterocycles. The van der Waals surface area contributed by atoms with E-state index in [1.165, 1.54) is 12.1 Å². The van der Waals surface area contributed by atoms with Crippen LogP contribution in [0, 0.1) is 0 Å². The molecule has 2 aromatic carbocycles. The van der Waals surface area contributed by atoms with Crippen molar-refractivity contribution in [3.05, 3.63) is 60.2 Å². The number of ether oxygens (including phenoxy) is 2. The first-order valence-electron chi connectivity index (χ1n) is 8.87. The largest absolute Gasteiger partial charge is 0.492 e. The third-order valence-corrected chi connectivity index (χ3v) is 4.41. The maximum absolute atomic E-state index is 12.7. The molecule has 1 aliphatic heterocycles. The number of para-hydroxylation sites is 2. The Morgan fingerprint density at radius 3 is 2.33 bits per heavy atom. The van der Waals surface area contributed by atoms with Gasteiger partial charge in [0.2, 0.25) is 0 Å². The van der Waals surface area contributed by atoms with Crippen molar-refractivity contribution in [2.75, 3.05) is 39.3 Å². The molecule has 0 aromatic heterocycles. The number of carbonyl (C=O) groups is 1. The van der Waals surface area contributed by atoms with E-state index in [0.29, 0.717) is 32.8 Å². The van der Waals surface area contributed by atoms with Gasteiger partial charge >= 0.3 is 6.61 Å². The molecule has 0 bridgehead atoms. The highest BCUT2D eigenvalue weighted by molar-refractivity contribution is 5.97. The van der Waals surface area contributed by atoms with Crippen molar-refractivity contribution in [2.45, 2.75) is 6.61 Å². The van der Waals surface area contributed by atoms with Crippen LogP contribution in [0.2, 0.25) is 0 Å². The minimum Gasteiger partial charge on any atom is -0.492 e. The molecule has 0 saturated carbocycles. The summed E-state index contributed by atoms with van der Waals surface area (Å²) in [5, 5.41) is 0. The van der Waals surface area contributed by atoms with Gasteiger partial charge in [0, 0.05) is 32.7 Å². The van der Waals surface area contributed by atoms with E-state index in [1.807, 2.05) is 30.3 Å². The average Bonchev–Trinajstić information content (AvgIpc) is 2.69. The number of halogens is 2. The molecule has 7 heteroatoms. The summed E-state index contributed by atoms with van der Waals surface area (Å²) < 4.78 is 35.2. The van der Waals surface area contributed by atoms with Gasteiger partial charge in [-0.15, -0.1) is 0 Å². The fourth-order valence-corrected chi connectivity index (χ4v) is 3.00. The van der Waals surface area contributed by atoms with Crippen LogP contribution < -0.4 is 9.47 Å². The molecular weight excluding hydrogens is 354 g/mol. The molecule has 0 aliphatic carbocycles. The Morgan fingerprint density at radius 2 is 1.63 bits per heavy atom. The van der Waals surface area contributed by atoms with Crippen LogP contribution in [-0.2, 0) is 0 Å². The van der Waals surface area contributed by atoms with E-state index >= 15 is 0 Å². The minimum atomic E-state index is -2.96. The number of nitrogens with zero attached hydrogens (tertiary/aromatic N) is 2. The standard InChI is InChI=1S/C20H22F2N2O3/c21-20(22)27-18-9-5-4-8-17(18)19(25)24-12-10-23(11-13-24)14-15-26-16-6-2-1-3-7-16/h1-9,20H,10-15H2. The van der Waals surface area contributed by atoms with E-state index < -0.39 is 6.61 Å². The molecule has 0 N–H and O–H groups in total. The van der Waals surface area contributed by atoms with Crippen LogP contribution in [0.15, 0.2) is 54.6 Å². The normalized spacial score (nSPS) is 15.0. The van der Waals surface area contributed by atoms with Crippen LogP contribution in [0.3, 0.4) is 0 Å². The number of rotatable bonds is 7. The zero-order valence-corrected chi connectivity index (χ0v) is 14.9. The van der Waals surface area contributed by atoms with Crippen LogP contribution >= 0.6 is 0 Å². The summed E-state index contributed by atoms with van der Waals surface area (Å²) in [6.07, 6.45) is 0. The number of piperazine rings is 1. The summed E-state index contributed by atoms with van der Waals surface area (Å²) in [4.78, 5) is 16.6. The van der Waals surface area contributed by atoms with Crippen LogP contribution in [0.25, 0.3) is 0 Å². The number of carbonyl (C=O) groups excluding carboxylic acids is 1. The Morgan fingerprint density at radius 1 is 0.963 bits per heavy atom. The second kappa shape index (κ2) is 9.32. The van der Waals surface area contributed by atoms with E-state index in [1.54, 1.807) is 17.0 Å². The summed E-state index contributed by atoms with van der Waals surface area (Å²) in [5.41, 5.74) is 0.165. The van der Waals surface area contributed by atoms with Crippen molar-refractivity contribution in [3.8, 4) is 11.5 Å². The summed E-state index contributed by atoms with van der Waals surface area (Å²) in [6.45, 7) is 0.870. The maximum Gasteiger partial charge on any atom is 0.387 e. The van der Waals surface area contributed by atoms with Gasteiger partial charge in [-0.25, -0.2) is 0 Å². The van der Waals surface area contributed by atoms with Gasteiger partial charge in [-0.3, -0.25) is 9.69 Å². The first-order chi connectivity index (χ1) is 13.1. The molecule has 3 rings (SSSR count). The van der Waals surface area contributed by atoms with Gasteiger partial charge in [-0.2, -0.15) is 8.78 Å². The van der Waals surface area contributed by atoms with Crippen molar-refractivity contribution in [1.82, 2.24) is 9.80 Å². The van der Waals surface area contributed by atoms with Gasteiger partial charge in [0.15, 0.2) is 0 Å².